The second kappa shape index (κ2) is 5.79. The summed E-state index contributed by atoms with van der Waals surface area (Å²) >= 11 is 1.34. The Hall–Kier alpha value is -0.770. The highest BCUT2D eigenvalue weighted by molar-refractivity contribution is 7.90. The summed E-state index contributed by atoms with van der Waals surface area (Å²) in [6.07, 6.45) is 2.45. The molecule has 0 aromatic carbocycles. The molecule has 9 heteroatoms. The molecule has 3 rings (SSSR count). The van der Waals surface area contributed by atoms with Crippen LogP contribution in [0.3, 0.4) is 0 Å². The van der Waals surface area contributed by atoms with Crippen LogP contribution in [0.25, 0.3) is 0 Å². The van der Waals surface area contributed by atoms with E-state index in [1.54, 1.807) is 18.5 Å². The summed E-state index contributed by atoms with van der Waals surface area (Å²) < 4.78 is 35.4. The van der Waals surface area contributed by atoms with Crippen LogP contribution in [-0.2, 0) is 21.4 Å². The van der Waals surface area contributed by atoms with Crippen molar-refractivity contribution in [2.75, 3.05) is 32.1 Å². The SMILES string of the molecule is COCc1nsc(N2CCC(N(C)S(=O)(=O)C3CC3)C2)n1. The fourth-order valence-electron chi connectivity index (χ4n) is 2.58. The second-order valence-corrected chi connectivity index (χ2v) is 8.58. The smallest absolute Gasteiger partial charge is 0.217 e. The predicted molar refractivity (Wildman–Crippen MR) is 80.9 cm³/mol. The van der Waals surface area contributed by atoms with E-state index in [1.165, 1.54) is 11.5 Å². The monoisotopic (exact) mass is 332 g/mol. The number of methoxy groups -OCH3 is 1. The number of anilines is 1. The molecule has 2 aliphatic rings. The van der Waals surface area contributed by atoms with Crippen LogP contribution in [0.2, 0.25) is 0 Å². The fourth-order valence-corrected chi connectivity index (χ4v) is 5.08. The van der Waals surface area contributed by atoms with Crippen molar-refractivity contribution in [1.82, 2.24) is 13.7 Å². The molecule has 1 aromatic rings. The summed E-state index contributed by atoms with van der Waals surface area (Å²) in [4.78, 5) is 6.54. The van der Waals surface area contributed by atoms with Gasteiger partial charge in [-0.2, -0.15) is 8.68 Å². The van der Waals surface area contributed by atoms with Crippen LogP contribution >= 0.6 is 11.5 Å². The fraction of sp³-hybridized carbons (Fsp3) is 0.833. The highest BCUT2D eigenvalue weighted by Crippen LogP contribution is 2.33. The Labute approximate surface area is 129 Å². The number of aromatic nitrogens is 2. The van der Waals surface area contributed by atoms with Crippen molar-refractivity contribution in [2.24, 2.45) is 0 Å². The van der Waals surface area contributed by atoms with Gasteiger partial charge in [0.25, 0.3) is 0 Å². The Morgan fingerprint density at radius 3 is 2.86 bits per heavy atom. The lowest BCUT2D eigenvalue weighted by Gasteiger charge is -2.24. The number of nitrogens with zero attached hydrogens (tertiary/aromatic N) is 4. The third-order valence-electron chi connectivity index (χ3n) is 4.03. The number of likely N-dealkylation sites (N-methyl/N-ethyl adjacent to an activating group) is 1. The molecule has 0 N–H and O–H groups in total. The van der Waals surface area contributed by atoms with Gasteiger partial charge in [0.15, 0.2) is 5.82 Å². The molecule has 1 unspecified atom stereocenters. The van der Waals surface area contributed by atoms with Gasteiger partial charge in [-0.05, 0) is 19.3 Å². The van der Waals surface area contributed by atoms with Crippen LogP contribution < -0.4 is 4.90 Å². The number of ether oxygens (including phenoxy) is 1. The summed E-state index contributed by atoms with van der Waals surface area (Å²) in [5.74, 6) is 0.680. The number of hydrogen-bond donors (Lipinski definition) is 0. The highest BCUT2D eigenvalue weighted by Gasteiger charge is 2.42. The first-order valence-electron chi connectivity index (χ1n) is 7.05. The molecule has 2 fully saturated rings. The first-order chi connectivity index (χ1) is 10.0. The maximum absolute atomic E-state index is 12.3. The Kier molecular flexibility index (Phi) is 4.17. The maximum atomic E-state index is 12.3. The van der Waals surface area contributed by atoms with Gasteiger partial charge in [-0.15, -0.1) is 0 Å². The summed E-state index contributed by atoms with van der Waals surface area (Å²) in [5.41, 5.74) is 0. The molecule has 0 radical (unpaired) electrons. The summed E-state index contributed by atoms with van der Waals surface area (Å²) in [6.45, 7) is 1.91. The van der Waals surface area contributed by atoms with E-state index >= 15 is 0 Å². The molecule has 118 valence electrons. The third kappa shape index (κ3) is 3.05. The predicted octanol–water partition coefficient (Wildman–Crippen LogP) is 0.687. The van der Waals surface area contributed by atoms with Crippen molar-refractivity contribution in [2.45, 2.75) is 37.2 Å². The lowest BCUT2D eigenvalue weighted by molar-refractivity contribution is 0.179. The van der Waals surface area contributed by atoms with Gasteiger partial charge < -0.3 is 9.64 Å². The molecule has 0 spiro atoms. The van der Waals surface area contributed by atoms with Gasteiger partial charge in [0.1, 0.15) is 6.61 Å². The molecule has 1 atom stereocenters. The summed E-state index contributed by atoms with van der Waals surface area (Å²) in [7, 11) is 0.218. The zero-order valence-electron chi connectivity index (χ0n) is 12.2. The average molecular weight is 332 g/mol. The van der Waals surface area contributed by atoms with E-state index < -0.39 is 10.0 Å². The third-order valence-corrected chi connectivity index (χ3v) is 7.26. The minimum Gasteiger partial charge on any atom is -0.377 e. The first kappa shape index (κ1) is 15.1. The van der Waals surface area contributed by atoms with Crippen molar-refractivity contribution >= 4 is 26.7 Å². The Morgan fingerprint density at radius 2 is 2.19 bits per heavy atom. The second-order valence-electron chi connectivity index (χ2n) is 5.58. The van der Waals surface area contributed by atoms with E-state index in [1.807, 2.05) is 0 Å². The van der Waals surface area contributed by atoms with Crippen molar-refractivity contribution < 1.29 is 13.2 Å². The van der Waals surface area contributed by atoms with E-state index in [2.05, 4.69) is 14.3 Å². The van der Waals surface area contributed by atoms with E-state index in [0.717, 1.165) is 30.9 Å². The summed E-state index contributed by atoms with van der Waals surface area (Å²) in [6, 6.07) is 0.0328. The number of hydrogen-bond acceptors (Lipinski definition) is 7. The average Bonchev–Trinajstić information content (AvgIpc) is 3.04. The van der Waals surface area contributed by atoms with E-state index in [4.69, 9.17) is 4.74 Å². The van der Waals surface area contributed by atoms with Crippen LogP contribution in [-0.4, -0.2) is 60.6 Å². The molecule has 7 nitrogen and oxygen atoms in total. The lowest BCUT2D eigenvalue weighted by atomic mass is 10.3. The zero-order valence-corrected chi connectivity index (χ0v) is 13.9. The minimum atomic E-state index is -3.10. The standard InChI is InChI=1S/C12H20N4O3S2/c1-15(21(17,18)10-3-4-10)9-5-6-16(7-9)12-13-11(8-19-2)14-20-12/h9-10H,3-8H2,1-2H3. The van der Waals surface area contributed by atoms with Crippen molar-refractivity contribution in [3.63, 3.8) is 0 Å². The molecular weight excluding hydrogens is 312 g/mol. The molecular formula is C12H20N4O3S2. The van der Waals surface area contributed by atoms with Gasteiger partial charge in [-0.3, -0.25) is 0 Å². The molecule has 1 saturated carbocycles. The topological polar surface area (TPSA) is 75.6 Å². The molecule has 2 heterocycles. The highest BCUT2D eigenvalue weighted by atomic mass is 32.2. The Morgan fingerprint density at radius 1 is 1.43 bits per heavy atom. The van der Waals surface area contributed by atoms with E-state index in [0.29, 0.717) is 19.0 Å². The van der Waals surface area contributed by atoms with E-state index in [-0.39, 0.29) is 11.3 Å². The van der Waals surface area contributed by atoms with Crippen LogP contribution in [0.4, 0.5) is 5.13 Å². The minimum absolute atomic E-state index is 0.0328. The first-order valence-corrected chi connectivity index (χ1v) is 9.33. The van der Waals surface area contributed by atoms with Crippen molar-refractivity contribution in [3.8, 4) is 0 Å². The summed E-state index contributed by atoms with van der Waals surface area (Å²) in [5, 5.41) is 0.702. The Bertz CT molecular complexity index is 599. The van der Waals surface area contributed by atoms with Crippen molar-refractivity contribution in [1.29, 1.82) is 0 Å². The van der Waals surface area contributed by atoms with Crippen LogP contribution in [0, 0.1) is 0 Å². The van der Waals surface area contributed by atoms with Gasteiger partial charge in [-0.25, -0.2) is 13.4 Å². The van der Waals surface area contributed by atoms with Crippen molar-refractivity contribution in [3.05, 3.63) is 5.82 Å². The van der Waals surface area contributed by atoms with Gasteiger partial charge in [0, 0.05) is 44.8 Å². The molecule has 0 bridgehead atoms. The maximum Gasteiger partial charge on any atom is 0.217 e. The van der Waals surface area contributed by atoms with Gasteiger partial charge in [-0.1, -0.05) is 0 Å². The van der Waals surface area contributed by atoms with Crippen LogP contribution in [0.15, 0.2) is 0 Å². The zero-order chi connectivity index (χ0) is 15.0. The largest absolute Gasteiger partial charge is 0.377 e. The lowest BCUT2D eigenvalue weighted by Crippen LogP contribution is -2.40. The molecule has 1 aromatic heterocycles. The number of rotatable bonds is 6. The molecule has 1 aliphatic heterocycles. The van der Waals surface area contributed by atoms with Gasteiger partial charge in [0.05, 0.1) is 5.25 Å². The quantitative estimate of drug-likeness (QED) is 0.763. The Balaban J connectivity index is 1.64. The van der Waals surface area contributed by atoms with E-state index in [9.17, 15) is 8.42 Å². The molecule has 1 saturated heterocycles. The van der Waals surface area contributed by atoms with Crippen LogP contribution in [0.1, 0.15) is 25.1 Å². The van der Waals surface area contributed by atoms with Gasteiger partial charge >= 0.3 is 0 Å². The molecule has 1 aliphatic carbocycles. The number of sulfonamides is 1. The van der Waals surface area contributed by atoms with Gasteiger partial charge in [0.2, 0.25) is 15.2 Å². The molecule has 21 heavy (non-hydrogen) atoms. The normalized spacial score (nSPS) is 23.2. The molecule has 0 amide bonds. The van der Waals surface area contributed by atoms with Crippen LogP contribution in [0.5, 0.6) is 0 Å².